The summed E-state index contributed by atoms with van der Waals surface area (Å²) in [6.07, 6.45) is 0.427. The van der Waals surface area contributed by atoms with Crippen molar-refractivity contribution in [2.45, 2.75) is 19.4 Å². The van der Waals surface area contributed by atoms with E-state index in [1.54, 1.807) is 4.90 Å². The van der Waals surface area contributed by atoms with Crippen molar-refractivity contribution in [2.24, 2.45) is 5.92 Å². The number of hydrogen-bond acceptors (Lipinski definition) is 4. The van der Waals surface area contributed by atoms with E-state index < -0.39 is 11.9 Å². The van der Waals surface area contributed by atoms with Crippen LogP contribution < -0.4 is 5.32 Å². The van der Waals surface area contributed by atoms with Gasteiger partial charge in [0, 0.05) is 26.1 Å². The fourth-order valence-corrected chi connectivity index (χ4v) is 1.99. The summed E-state index contributed by atoms with van der Waals surface area (Å²) in [6.45, 7) is 2.51. The monoisotopic (exact) mass is 225 g/mol. The molecule has 1 fully saturated rings. The number of nitrogens with zero attached hydrogens (tertiary/aromatic N) is 2. The van der Waals surface area contributed by atoms with Crippen molar-refractivity contribution < 1.29 is 14.7 Å². The predicted octanol–water partition coefficient (Wildman–Crippen LogP) is -0.579. The molecule has 2 unspecified atom stereocenters. The van der Waals surface area contributed by atoms with E-state index in [-0.39, 0.29) is 18.5 Å². The quantitative estimate of drug-likeness (QED) is 0.627. The van der Waals surface area contributed by atoms with Gasteiger partial charge in [-0.05, 0) is 6.42 Å². The molecule has 1 aliphatic heterocycles. The summed E-state index contributed by atoms with van der Waals surface area (Å²) >= 11 is 0. The van der Waals surface area contributed by atoms with Gasteiger partial charge in [0.05, 0.1) is 18.5 Å². The van der Waals surface area contributed by atoms with Crippen LogP contribution in [0, 0.1) is 17.2 Å². The average Bonchev–Trinajstić information content (AvgIpc) is 2.16. The van der Waals surface area contributed by atoms with Crippen molar-refractivity contribution in [3.05, 3.63) is 0 Å². The number of nitriles is 1. The molecule has 0 spiro atoms. The number of rotatable bonds is 3. The minimum Gasteiger partial charge on any atom is -0.481 e. The Balaban J connectivity index is 2.62. The molecule has 1 aliphatic rings. The second kappa shape index (κ2) is 5.47. The summed E-state index contributed by atoms with van der Waals surface area (Å²) in [7, 11) is 0. The summed E-state index contributed by atoms with van der Waals surface area (Å²) in [5.74, 6) is -1.56. The predicted molar refractivity (Wildman–Crippen MR) is 55.4 cm³/mol. The summed E-state index contributed by atoms with van der Waals surface area (Å²) in [5, 5.41) is 20.2. The second-order valence-corrected chi connectivity index (χ2v) is 4.02. The lowest BCUT2D eigenvalue weighted by Crippen LogP contribution is -2.52. The van der Waals surface area contributed by atoms with Gasteiger partial charge in [0.15, 0.2) is 0 Å². The Labute approximate surface area is 93.8 Å². The Morgan fingerprint density at radius 3 is 2.75 bits per heavy atom. The number of hydrogen-bond donors (Lipinski definition) is 2. The Hall–Kier alpha value is -1.61. The van der Waals surface area contributed by atoms with Gasteiger partial charge in [-0.1, -0.05) is 0 Å². The number of piperidine rings is 1. The third-order valence-corrected chi connectivity index (χ3v) is 2.58. The van der Waals surface area contributed by atoms with Crippen LogP contribution in [0.5, 0.6) is 0 Å². The number of amides is 1. The van der Waals surface area contributed by atoms with Gasteiger partial charge in [0.2, 0.25) is 5.91 Å². The molecular weight excluding hydrogens is 210 g/mol. The zero-order valence-corrected chi connectivity index (χ0v) is 9.14. The SMILES string of the molecule is CC(=O)NC1CC(C(=O)O)CN(CC#N)C1. The highest BCUT2D eigenvalue weighted by atomic mass is 16.4. The van der Waals surface area contributed by atoms with E-state index in [9.17, 15) is 9.59 Å². The Morgan fingerprint density at radius 1 is 1.56 bits per heavy atom. The fourth-order valence-electron chi connectivity index (χ4n) is 1.99. The minimum atomic E-state index is -0.877. The zero-order chi connectivity index (χ0) is 12.1. The third-order valence-electron chi connectivity index (χ3n) is 2.58. The van der Waals surface area contributed by atoms with Gasteiger partial charge >= 0.3 is 5.97 Å². The molecular formula is C10H15N3O3. The molecule has 0 aromatic carbocycles. The van der Waals surface area contributed by atoms with E-state index in [4.69, 9.17) is 10.4 Å². The molecule has 0 aliphatic carbocycles. The number of carboxylic acids is 1. The molecule has 0 radical (unpaired) electrons. The highest BCUT2D eigenvalue weighted by Gasteiger charge is 2.31. The van der Waals surface area contributed by atoms with Crippen LogP contribution in [0.1, 0.15) is 13.3 Å². The summed E-state index contributed by atoms with van der Waals surface area (Å²) in [4.78, 5) is 23.6. The molecule has 88 valence electrons. The van der Waals surface area contributed by atoms with Crippen molar-refractivity contribution in [1.82, 2.24) is 10.2 Å². The normalized spacial score (nSPS) is 25.8. The number of carbonyl (C=O) groups is 2. The molecule has 0 saturated carbocycles. The molecule has 1 rings (SSSR count). The molecule has 1 saturated heterocycles. The molecule has 2 atom stereocenters. The number of carboxylic acid groups (broad SMARTS) is 1. The van der Waals surface area contributed by atoms with Gasteiger partial charge in [-0.2, -0.15) is 5.26 Å². The summed E-state index contributed by atoms with van der Waals surface area (Å²) in [5.41, 5.74) is 0. The summed E-state index contributed by atoms with van der Waals surface area (Å²) < 4.78 is 0. The van der Waals surface area contributed by atoms with E-state index in [1.165, 1.54) is 6.92 Å². The van der Waals surface area contributed by atoms with E-state index >= 15 is 0 Å². The van der Waals surface area contributed by atoms with Crippen LogP contribution in [-0.4, -0.2) is 47.6 Å². The van der Waals surface area contributed by atoms with Crippen LogP contribution in [0.3, 0.4) is 0 Å². The van der Waals surface area contributed by atoms with Gasteiger partial charge in [-0.3, -0.25) is 14.5 Å². The molecule has 1 heterocycles. The first-order chi connectivity index (χ1) is 7.52. The molecule has 0 bridgehead atoms. The van der Waals surface area contributed by atoms with Gasteiger partial charge < -0.3 is 10.4 Å². The van der Waals surface area contributed by atoms with E-state index in [0.717, 1.165) is 0 Å². The molecule has 16 heavy (non-hydrogen) atoms. The van der Waals surface area contributed by atoms with Gasteiger partial charge in [-0.25, -0.2) is 0 Å². The van der Waals surface area contributed by atoms with Crippen LogP contribution in [0.4, 0.5) is 0 Å². The maximum absolute atomic E-state index is 10.9. The molecule has 0 aromatic heterocycles. The van der Waals surface area contributed by atoms with Crippen LogP contribution in [-0.2, 0) is 9.59 Å². The fraction of sp³-hybridized carbons (Fsp3) is 0.700. The first-order valence-corrected chi connectivity index (χ1v) is 5.12. The first-order valence-electron chi connectivity index (χ1n) is 5.12. The zero-order valence-electron chi connectivity index (χ0n) is 9.14. The standard InChI is InChI=1S/C10H15N3O3/c1-7(14)12-9-4-8(10(15)16)5-13(6-9)3-2-11/h8-9H,3-6H2,1H3,(H,12,14)(H,15,16). The van der Waals surface area contributed by atoms with Crippen LogP contribution in [0.25, 0.3) is 0 Å². The topological polar surface area (TPSA) is 93.4 Å². The molecule has 0 aromatic rings. The highest BCUT2D eigenvalue weighted by molar-refractivity contribution is 5.74. The average molecular weight is 225 g/mol. The maximum Gasteiger partial charge on any atom is 0.307 e. The van der Waals surface area contributed by atoms with Gasteiger partial charge in [-0.15, -0.1) is 0 Å². The number of aliphatic carboxylic acids is 1. The van der Waals surface area contributed by atoms with Crippen LogP contribution in [0.2, 0.25) is 0 Å². The van der Waals surface area contributed by atoms with Gasteiger partial charge in [0.25, 0.3) is 0 Å². The third kappa shape index (κ3) is 3.51. The van der Waals surface area contributed by atoms with Crippen molar-refractivity contribution in [3.8, 4) is 6.07 Å². The number of likely N-dealkylation sites (tertiary alicyclic amines) is 1. The second-order valence-electron chi connectivity index (χ2n) is 4.02. The largest absolute Gasteiger partial charge is 0.481 e. The van der Waals surface area contributed by atoms with Gasteiger partial charge in [0.1, 0.15) is 0 Å². The summed E-state index contributed by atoms with van der Waals surface area (Å²) in [6, 6.07) is 1.81. The smallest absolute Gasteiger partial charge is 0.307 e. The first kappa shape index (κ1) is 12.5. The van der Waals surface area contributed by atoms with Crippen LogP contribution >= 0.6 is 0 Å². The molecule has 6 nitrogen and oxygen atoms in total. The Morgan fingerprint density at radius 2 is 2.25 bits per heavy atom. The van der Waals surface area contributed by atoms with Crippen molar-refractivity contribution >= 4 is 11.9 Å². The van der Waals surface area contributed by atoms with Crippen LogP contribution in [0.15, 0.2) is 0 Å². The lowest BCUT2D eigenvalue weighted by molar-refractivity contribution is -0.144. The lowest BCUT2D eigenvalue weighted by atomic mass is 9.94. The Bertz CT molecular complexity index is 324. The number of nitrogens with one attached hydrogen (secondary N) is 1. The lowest BCUT2D eigenvalue weighted by Gasteiger charge is -2.34. The molecule has 6 heteroatoms. The van der Waals surface area contributed by atoms with Crippen molar-refractivity contribution in [2.75, 3.05) is 19.6 Å². The number of carbonyl (C=O) groups excluding carboxylic acids is 1. The van der Waals surface area contributed by atoms with Crippen molar-refractivity contribution in [1.29, 1.82) is 5.26 Å². The molecule has 2 N–H and O–H groups in total. The van der Waals surface area contributed by atoms with Crippen molar-refractivity contribution in [3.63, 3.8) is 0 Å². The Kier molecular flexibility index (Phi) is 4.26. The van der Waals surface area contributed by atoms with E-state index in [0.29, 0.717) is 19.5 Å². The minimum absolute atomic E-state index is 0.173. The van der Waals surface area contributed by atoms with E-state index in [1.807, 2.05) is 6.07 Å². The van der Waals surface area contributed by atoms with E-state index in [2.05, 4.69) is 5.32 Å². The molecule has 1 amide bonds. The maximum atomic E-state index is 10.9. The highest BCUT2D eigenvalue weighted by Crippen LogP contribution is 2.16.